The van der Waals surface area contributed by atoms with Gasteiger partial charge in [0.2, 0.25) is 17.9 Å². The Kier molecular flexibility index (Phi) is 6.66. The lowest BCUT2D eigenvalue weighted by Crippen LogP contribution is -2.53. The van der Waals surface area contributed by atoms with E-state index in [0.29, 0.717) is 4.90 Å². The van der Waals surface area contributed by atoms with Gasteiger partial charge in [-0.3, -0.25) is 24.0 Å². The molecule has 25 heavy (non-hydrogen) atoms. The van der Waals surface area contributed by atoms with Crippen molar-refractivity contribution in [2.24, 2.45) is 0 Å². The number of hydrogen-bond donors (Lipinski definition) is 0. The Morgan fingerprint density at radius 1 is 0.840 bits per heavy atom. The van der Waals surface area contributed by atoms with E-state index >= 15 is 0 Å². The average molecular weight is 357 g/mol. The first kappa shape index (κ1) is 20.1. The number of esters is 3. The van der Waals surface area contributed by atoms with Crippen molar-refractivity contribution < 1.29 is 42.9 Å². The maximum atomic E-state index is 11.8. The van der Waals surface area contributed by atoms with E-state index in [-0.39, 0.29) is 5.70 Å². The Morgan fingerprint density at radius 2 is 1.32 bits per heavy atom. The van der Waals surface area contributed by atoms with E-state index in [9.17, 15) is 24.0 Å². The molecule has 1 aliphatic heterocycles. The number of carbonyl (C=O) groups excluding carboxylic acids is 5. The van der Waals surface area contributed by atoms with E-state index in [2.05, 4.69) is 0 Å². The van der Waals surface area contributed by atoms with Gasteiger partial charge in [0.05, 0.1) is 0 Å². The number of hydrogen-bond acceptors (Lipinski definition) is 9. The summed E-state index contributed by atoms with van der Waals surface area (Å²) in [6, 6.07) is 0. The topological polar surface area (TPSA) is 126 Å². The smallest absolute Gasteiger partial charge is 0.305 e. The third-order valence-corrected chi connectivity index (χ3v) is 2.95. The monoisotopic (exact) mass is 357 g/mol. The molecule has 138 valence electrons. The van der Waals surface area contributed by atoms with Crippen LogP contribution in [0.2, 0.25) is 0 Å². The molecule has 0 spiro atoms. The van der Waals surface area contributed by atoms with Crippen molar-refractivity contribution in [1.82, 2.24) is 4.90 Å². The van der Waals surface area contributed by atoms with Crippen molar-refractivity contribution >= 4 is 29.7 Å². The quantitative estimate of drug-likeness (QED) is 0.505. The zero-order valence-corrected chi connectivity index (χ0v) is 14.4. The molecule has 0 aliphatic carbocycles. The van der Waals surface area contributed by atoms with Gasteiger partial charge in [0.25, 0.3) is 6.29 Å². The van der Waals surface area contributed by atoms with Gasteiger partial charge in [0.1, 0.15) is 12.0 Å². The predicted molar refractivity (Wildman–Crippen MR) is 79.0 cm³/mol. The Morgan fingerprint density at radius 3 is 1.72 bits per heavy atom. The van der Waals surface area contributed by atoms with Crippen LogP contribution in [0.3, 0.4) is 0 Å². The standard InChI is InChI=1S/C15H19NO9/c1-7(17)16(8(2)18)12-6-22-15(25-11(5)21)14(24-10(4)20)13(12)23-9(3)19/h6,13-15H,1-5H3. The van der Waals surface area contributed by atoms with Crippen molar-refractivity contribution in [2.45, 2.75) is 53.1 Å². The van der Waals surface area contributed by atoms with Gasteiger partial charge >= 0.3 is 17.9 Å². The first-order valence-electron chi connectivity index (χ1n) is 7.23. The number of amides is 2. The third kappa shape index (κ3) is 5.30. The summed E-state index contributed by atoms with van der Waals surface area (Å²) < 4.78 is 20.2. The lowest BCUT2D eigenvalue weighted by molar-refractivity contribution is -0.222. The molecular formula is C15H19NO9. The highest BCUT2D eigenvalue weighted by atomic mass is 16.7. The minimum Gasteiger partial charge on any atom is -0.457 e. The molecule has 1 rings (SSSR count). The van der Waals surface area contributed by atoms with Gasteiger partial charge in [-0.2, -0.15) is 0 Å². The van der Waals surface area contributed by atoms with Gasteiger partial charge in [0.15, 0.2) is 6.10 Å². The molecule has 0 fully saturated rings. The molecule has 0 aromatic heterocycles. The van der Waals surface area contributed by atoms with Crippen molar-refractivity contribution in [2.75, 3.05) is 0 Å². The molecule has 3 unspecified atom stereocenters. The van der Waals surface area contributed by atoms with Crippen LogP contribution in [0.5, 0.6) is 0 Å². The predicted octanol–water partition coefficient (Wildman–Crippen LogP) is 0.00560. The maximum absolute atomic E-state index is 11.8. The van der Waals surface area contributed by atoms with E-state index in [1.54, 1.807) is 0 Å². The second kappa shape index (κ2) is 8.27. The van der Waals surface area contributed by atoms with Gasteiger partial charge in [-0.05, 0) is 0 Å². The van der Waals surface area contributed by atoms with Crippen molar-refractivity contribution in [3.05, 3.63) is 12.0 Å². The van der Waals surface area contributed by atoms with Gasteiger partial charge in [-0.25, -0.2) is 4.90 Å². The molecule has 0 saturated heterocycles. The molecule has 0 aromatic rings. The molecule has 0 bridgehead atoms. The summed E-state index contributed by atoms with van der Waals surface area (Å²) in [4.78, 5) is 58.3. The molecule has 0 radical (unpaired) electrons. The zero-order chi connectivity index (χ0) is 19.3. The van der Waals surface area contributed by atoms with Gasteiger partial charge in [0, 0.05) is 34.6 Å². The molecule has 0 saturated carbocycles. The first-order valence-corrected chi connectivity index (χ1v) is 7.23. The summed E-state index contributed by atoms with van der Waals surface area (Å²) in [6.07, 6.45) is -3.28. The third-order valence-electron chi connectivity index (χ3n) is 2.95. The fraction of sp³-hybridized carbons (Fsp3) is 0.533. The fourth-order valence-corrected chi connectivity index (χ4v) is 2.23. The summed E-state index contributed by atoms with van der Waals surface area (Å²) >= 11 is 0. The van der Waals surface area contributed by atoms with E-state index in [4.69, 9.17) is 18.9 Å². The summed E-state index contributed by atoms with van der Waals surface area (Å²) in [5, 5.41) is 0. The molecule has 3 atom stereocenters. The van der Waals surface area contributed by atoms with Crippen molar-refractivity contribution in [1.29, 1.82) is 0 Å². The summed E-state index contributed by atoms with van der Waals surface area (Å²) in [6.45, 7) is 5.51. The number of rotatable bonds is 4. The van der Waals surface area contributed by atoms with E-state index in [0.717, 1.165) is 40.9 Å². The van der Waals surface area contributed by atoms with Crippen molar-refractivity contribution in [3.8, 4) is 0 Å². The number of carbonyl (C=O) groups is 5. The van der Waals surface area contributed by atoms with Crippen LogP contribution in [0, 0.1) is 0 Å². The van der Waals surface area contributed by atoms with Crippen LogP contribution in [0.15, 0.2) is 12.0 Å². The zero-order valence-electron chi connectivity index (χ0n) is 14.4. The Balaban J connectivity index is 3.38. The minimum absolute atomic E-state index is 0.162. The van der Waals surface area contributed by atoms with Crippen LogP contribution in [-0.2, 0) is 42.9 Å². The maximum Gasteiger partial charge on any atom is 0.305 e. The molecule has 0 N–H and O–H groups in total. The molecule has 0 aromatic carbocycles. The van der Waals surface area contributed by atoms with E-state index in [1.165, 1.54) is 0 Å². The van der Waals surface area contributed by atoms with Crippen LogP contribution < -0.4 is 0 Å². The van der Waals surface area contributed by atoms with E-state index < -0.39 is 48.2 Å². The summed E-state index contributed by atoms with van der Waals surface area (Å²) in [7, 11) is 0. The molecule has 2 amide bonds. The minimum atomic E-state index is -1.42. The molecule has 1 aliphatic rings. The number of nitrogens with zero attached hydrogens (tertiary/aromatic N) is 1. The summed E-state index contributed by atoms with van der Waals surface area (Å²) in [5.74, 6) is -3.64. The highest BCUT2D eigenvalue weighted by Gasteiger charge is 2.46. The Hall–Kier alpha value is -2.91. The lowest BCUT2D eigenvalue weighted by Gasteiger charge is -2.38. The van der Waals surface area contributed by atoms with Gasteiger partial charge < -0.3 is 18.9 Å². The number of imide groups is 1. The van der Waals surface area contributed by atoms with Gasteiger partial charge in [-0.1, -0.05) is 0 Å². The molecule has 1 heterocycles. The first-order chi connectivity index (χ1) is 11.5. The molecule has 10 heteroatoms. The second-order valence-corrected chi connectivity index (χ2v) is 5.13. The lowest BCUT2D eigenvalue weighted by atomic mass is 10.1. The normalized spacial score (nSPS) is 22.0. The fourth-order valence-electron chi connectivity index (χ4n) is 2.23. The Labute approximate surface area is 143 Å². The molecular weight excluding hydrogens is 338 g/mol. The molecule has 10 nitrogen and oxygen atoms in total. The van der Waals surface area contributed by atoms with Crippen LogP contribution >= 0.6 is 0 Å². The largest absolute Gasteiger partial charge is 0.457 e. The highest BCUT2D eigenvalue weighted by Crippen LogP contribution is 2.28. The number of ether oxygens (including phenoxy) is 4. The van der Waals surface area contributed by atoms with Crippen LogP contribution in [-0.4, -0.2) is 53.1 Å². The van der Waals surface area contributed by atoms with E-state index in [1.807, 2.05) is 0 Å². The average Bonchev–Trinajstić information content (AvgIpc) is 2.42. The Bertz CT molecular complexity index is 610. The van der Waals surface area contributed by atoms with Crippen molar-refractivity contribution in [3.63, 3.8) is 0 Å². The van der Waals surface area contributed by atoms with Gasteiger partial charge in [-0.15, -0.1) is 0 Å². The second-order valence-electron chi connectivity index (χ2n) is 5.13. The van der Waals surface area contributed by atoms with Crippen LogP contribution in [0.1, 0.15) is 34.6 Å². The highest BCUT2D eigenvalue weighted by molar-refractivity contribution is 5.95. The van der Waals surface area contributed by atoms with Crippen LogP contribution in [0.25, 0.3) is 0 Å². The SMILES string of the molecule is CC(=O)OC1OC=C(N(C(C)=O)C(C)=O)C(OC(C)=O)C1OC(C)=O. The van der Waals surface area contributed by atoms with Crippen LogP contribution in [0.4, 0.5) is 0 Å². The summed E-state index contributed by atoms with van der Waals surface area (Å²) in [5.41, 5.74) is -0.162.